The molecule has 1 saturated heterocycles. The van der Waals surface area contributed by atoms with E-state index in [0.29, 0.717) is 17.0 Å². The van der Waals surface area contributed by atoms with Gasteiger partial charge in [-0.15, -0.1) is 0 Å². The number of hydrogen-bond donors (Lipinski definition) is 0. The molecule has 0 radical (unpaired) electrons. The Balaban J connectivity index is 1.79. The fraction of sp³-hybridized carbons (Fsp3) is 0.286. The molecule has 2 aromatic rings. The van der Waals surface area contributed by atoms with Crippen LogP contribution in [-0.2, 0) is 24.5 Å². The van der Waals surface area contributed by atoms with Crippen LogP contribution in [0.1, 0.15) is 11.1 Å². The highest BCUT2D eigenvalue weighted by Gasteiger charge is 2.83. The highest BCUT2D eigenvalue weighted by molar-refractivity contribution is 6.31. The van der Waals surface area contributed by atoms with Gasteiger partial charge in [0.05, 0.1) is 31.7 Å². The number of carbonyl (C=O) groups excluding carboxylic acids is 3. The van der Waals surface area contributed by atoms with Crippen LogP contribution >= 0.6 is 0 Å². The van der Waals surface area contributed by atoms with Crippen LogP contribution in [0.3, 0.4) is 0 Å². The molecule has 27 heavy (non-hydrogen) atoms. The van der Waals surface area contributed by atoms with Crippen molar-refractivity contribution in [2.45, 2.75) is 12.3 Å². The number of fused-ring (bicyclic) bond motifs is 1. The molecule has 0 N–H and O–H groups in total. The van der Waals surface area contributed by atoms with Crippen LogP contribution in [0.4, 0.5) is 5.69 Å². The minimum absolute atomic E-state index is 0.374. The number of amides is 2. The molecule has 3 atom stereocenters. The average molecular weight is 365 g/mol. The van der Waals surface area contributed by atoms with E-state index in [-0.39, 0.29) is 11.8 Å². The Labute approximate surface area is 156 Å². The molecule has 1 aliphatic heterocycles. The largest absolute Gasteiger partial charge is 0.497 e. The molecule has 138 valence electrons. The lowest BCUT2D eigenvalue weighted by Gasteiger charge is -2.22. The van der Waals surface area contributed by atoms with Crippen molar-refractivity contribution in [2.75, 3.05) is 19.1 Å². The van der Waals surface area contributed by atoms with E-state index in [1.807, 2.05) is 31.2 Å². The van der Waals surface area contributed by atoms with Crippen molar-refractivity contribution in [1.29, 1.82) is 0 Å². The van der Waals surface area contributed by atoms with E-state index in [0.717, 1.165) is 5.56 Å². The lowest BCUT2D eigenvalue weighted by atomic mass is 9.91. The molecule has 2 aliphatic rings. The third kappa shape index (κ3) is 2.22. The highest BCUT2D eigenvalue weighted by Crippen LogP contribution is 2.66. The number of imide groups is 1. The maximum absolute atomic E-state index is 13.4. The van der Waals surface area contributed by atoms with Crippen LogP contribution in [0.15, 0.2) is 48.5 Å². The minimum atomic E-state index is -1.18. The molecule has 6 nitrogen and oxygen atoms in total. The number of nitrogens with zero attached hydrogens (tertiary/aromatic N) is 1. The number of esters is 1. The van der Waals surface area contributed by atoms with Crippen molar-refractivity contribution < 1.29 is 23.9 Å². The van der Waals surface area contributed by atoms with Gasteiger partial charge >= 0.3 is 5.97 Å². The normalized spacial score (nSPS) is 26.0. The van der Waals surface area contributed by atoms with E-state index in [1.165, 1.54) is 12.0 Å². The van der Waals surface area contributed by atoms with E-state index >= 15 is 0 Å². The van der Waals surface area contributed by atoms with Gasteiger partial charge in [-0.3, -0.25) is 14.4 Å². The van der Waals surface area contributed by atoms with Gasteiger partial charge in [0.1, 0.15) is 11.2 Å². The number of aryl methyl sites for hydroxylation is 1. The second-order valence-corrected chi connectivity index (χ2v) is 6.89. The van der Waals surface area contributed by atoms with E-state index in [2.05, 4.69) is 0 Å². The second-order valence-electron chi connectivity index (χ2n) is 6.89. The Hall–Kier alpha value is -3.15. The Morgan fingerprint density at radius 3 is 2.19 bits per heavy atom. The van der Waals surface area contributed by atoms with Crippen molar-refractivity contribution in [3.8, 4) is 5.75 Å². The highest BCUT2D eigenvalue weighted by atomic mass is 16.5. The fourth-order valence-electron chi connectivity index (χ4n) is 4.15. The summed E-state index contributed by atoms with van der Waals surface area (Å²) in [7, 11) is 2.82. The zero-order chi connectivity index (χ0) is 19.3. The third-order valence-electron chi connectivity index (χ3n) is 5.56. The quantitative estimate of drug-likeness (QED) is 0.614. The Morgan fingerprint density at radius 2 is 1.63 bits per heavy atom. The van der Waals surface area contributed by atoms with Gasteiger partial charge in [0.25, 0.3) is 0 Å². The number of piperidine rings is 1. The summed E-state index contributed by atoms with van der Waals surface area (Å²) in [4.78, 5) is 39.9. The Kier molecular flexibility index (Phi) is 3.80. The summed E-state index contributed by atoms with van der Waals surface area (Å²) in [5, 5.41) is 0. The maximum Gasteiger partial charge on any atom is 0.310 e. The van der Waals surface area contributed by atoms with Crippen molar-refractivity contribution in [1.82, 2.24) is 0 Å². The summed E-state index contributed by atoms with van der Waals surface area (Å²) in [6.07, 6.45) is 0. The molecule has 0 aromatic heterocycles. The fourth-order valence-corrected chi connectivity index (χ4v) is 4.15. The molecule has 1 heterocycles. The first kappa shape index (κ1) is 17.3. The topological polar surface area (TPSA) is 72.9 Å². The number of carbonyl (C=O) groups is 3. The number of methoxy groups -OCH3 is 2. The standard InChI is InChI=1S/C21H19NO5/c1-12-4-6-13(7-5-12)21-16(17(21)19(24)27-3)18(23)22(20(21)25)14-8-10-15(26-2)11-9-14/h4-11,16-17H,1-3H3/t16-,17-,21-/m1/s1. The monoisotopic (exact) mass is 365 g/mol. The summed E-state index contributed by atoms with van der Waals surface area (Å²) in [6, 6.07) is 14.1. The Bertz CT molecular complexity index is 934. The molecule has 1 saturated carbocycles. The molecule has 2 fully saturated rings. The SMILES string of the molecule is COC(=O)[C@H]1[C@@H]2C(=O)N(c3ccc(OC)cc3)C(=O)[C@@]12c1ccc(C)cc1. The average Bonchev–Trinajstić information content (AvgIpc) is 3.33. The van der Waals surface area contributed by atoms with Gasteiger partial charge in [0.2, 0.25) is 11.8 Å². The first-order chi connectivity index (χ1) is 13.0. The van der Waals surface area contributed by atoms with Crippen LogP contribution < -0.4 is 9.64 Å². The van der Waals surface area contributed by atoms with E-state index in [4.69, 9.17) is 9.47 Å². The van der Waals surface area contributed by atoms with Crippen molar-refractivity contribution >= 4 is 23.5 Å². The van der Waals surface area contributed by atoms with E-state index in [1.54, 1.807) is 31.4 Å². The summed E-state index contributed by atoms with van der Waals surface area (Å²) in [5.74, 6) is -2.18. The molecule has 0 spiro atoms. The molecule has 1 aliphatic carbocycles. The number of benzene rings is 2. The lowest BCUT2D eigenvalue weighted by molar-refractivity contribution is -0.145. The summed E-state index contributed by atoms with van der Waals surface area (Å²) in [6.45, 7) is 1.94. The summed E-state index contributed by atoms with van der Waals surface area (Å²) >= 11 is 0. The predicted octanol–water partition coefficient (Wildman–Crippen LogP) is 2.23. The van der Waals surface area contributed by atoms with Gasteiger partial charge in [-0.05, 0) is 36.8 Å². The first-order valence-electron chi connectivity index (χ1n) is 8.64. The van der Waals surface area contributed by atoms with Gasteiger partial charge < -0.3 is 9.47 Å². The van der Waals surface area contributed by atoms with Gasteiger partial charge in [-0.1, -0.05) is 29.8 Å². The molecular weight excluding hydrogens is 346 g/mol. The van der Waals surface area contributed by atoms with Crippen LogP contribution in [0, 0.1) is 18.8 Å². The van der Waals surface area contributed by atoms with E-state index < -0.39 is 23.2 Å². The number of anilines is 1. The molecule has 2 aromatic carbocycles. The van der Waals surface area contributed by atoms with Crippen LogP contribution in [0.5, 0.6) is 5.75 Å². The Morgan fingerprint density at radius 1 is 1.00 bits per heavy atom. The molecular formula is C21H19NO5. The third-order valence-corrected chi connectivity index (χ3v) is 5.56. The predicted molar refractivity (Wildman–Crippen MR) is 97.3 cm³/mol. The van der Waals surface area contributed by atoms with Crippen LogP contribution in [0.25, 0.3) is 0 Å². The number of rotatable bonds is 4. The number of ether oxygens (including phenoxy) is 2. The zero-order valence-electron chi connectivity index (χ0n) is 15.3. The number of hydrogen-bond acceptors (Lipinski definition) is 5. The van der Waals surface area contributed by atoms with Gasteiger partial charge in [0, 0.05) is 0 Å². The van der Waals surface area contributed by atoms with Gasteiger partial charge in [-0.25, -0.2) is 4.90 Å². The van der Waals surface area contributed by atoms with Crippen molar-refractivity contribution in [3.05, 3.63) is 59.7 Å². The van der Waals surface area contributed by atoms with Crippen LogP contribution in [-0.4, -0.2) is 32.0 Å². The molecule has 0 unspecified atom stereocenters. The maximum atomic E-state index is 13.4. The van der Waals surface area contributed by atoms with Crippen LogP contribution in [0.2, 0.25) is 0 Å². The van der Waals surface area contributed by atoms with E-state index in [9.17, 15) is 14.4 Å². The molecule has 4 rings (SSSR count). The molecule has 6 heteroatoms. The zero-order valence-corrected chi connectivity index (χ0v) is 15.3. The smallest absolute Gasteiger partial charge is 0.310 e. The lowest BCUT2D eigenvalue weighted by Crippen LogP contribution is -2.40. The second kappa shape index (κ2) is 5.94. The van der Waals surface area contributed by atoms with Crippen molar-refractivity contribution in [2.24, 2.45) is 11.8 Å². The van der Waals surface area contributed by atoms with Crippen molar-refractivity contribution in [3.63, 3.8) is 0 Å². The molecule has 0 bridgehead atoms. The first-order valence-corrected chi connectivity index (χ1v) is 8.64. The van der Waals surface area contributed by atoms with Gasteiger partial charge in [-0.2, -0.15) is 0 Å². The molecule has 2 amide bonds. The van der Waals surface area contributed by atoms with Gasteiger partial charge in [0.15, 0.2) is 0 Å². The summed E-state index contributed by atoms with van der Waals surface area (Å²) in [5.41, 5.74) is 0.986. The minimum Gasteiger partial charge on any atom is -0.497 e. The summed E-state index contributed by atoms with van der Waals surface area (Å²) < 4.78 is 10.00.